The summed E-state index contributed by atoms with van der Waals surface area (Å²) in [6.07, 6.45) is 4.83. The Morgan fingerprint density at radius 3 is 2.33 bits per heavy atom. The summed E-state index contributed by atoms with van der Waals surface area (Å²) in [6.45, 7) is 2.23. The number of halogens is 1. The fourth-order valence-corrected chi connectivity index (χ4v) is 9.05. The summed E-state index contributed by atoms with van der Waals surface area (Å²) < 4.78 is 44.9. The first-order chi connectivity index (χ1) is 23.8. The standard InChI is InChI=1S/C23H14FN2O.C18H24GeN.Ir/c1-14-12-20(25-13-19(14)15-6-3-2-4-7-15)18-9-5-8-16-17-10-11-21(24)26-23(17)27-22(16)18;1-14(2)11-16-12-18(15-9-7-6-8-10-15)20-13-17(16)19(3,4)5;/h2-8,10-13H,1H3;6-9,12-14H,11H2,1-5H3;/q2*-1;/i1D3;;. The Morgan fingerprint density at radius 2 is 1.62 bits per heavy atom. The molecule has 4 aromatic heterocycles. The van der Waals surface area contributed by atoms with Gasteiger partial charge in [-0.05, 0) is 35.8 Å². The van der Waals surface area contributed by atoms with Crippen LogP contribution in [0, 0.1) is 30.9 Å². The Kier molecular flexibility index (Phi) is 9.83. The molecule has 7 heteroatoms. The van der Waals surface area contributed by atoms with Crippen LogP contribution >= 0.6 is 0 Å². The van der Waals surface area contributed by atoms with Crippen LogP contribution in [0.25, 0.3) is 55.7 Å². The van der Waals surface area contributed by atoms with E-state index in [-0.39, 0.29) is 31.4 Å². The molecule has 4 nitrogen and oxygen atoms in total. The number of fused-ring (bicyclic) bond motifs is 3. The molecule has 0 spiro atoms. The van der Waals surface area contributed by atoms with Gasteiger partial charge in [0.05, 0.1) is 5.58 Å². The third-order valence-corrected chi connectivity index (χ3v) is 12.3. The van der Waals surface area contributed by atoms with E-state index in [1.807, 2.05) is 48.5 Å². The second kappa shape index (κ2) is 15.1. The average molecular weight is 876 g/mol. The van der Waals surface area contributed by atoms with Crippen molar-refractivity contribution in [3.63, 3.8) is 0 Å². The first-order valence-corrected chi connectivity index (χ1v) is 23.1. The molecule has 0 amide bonds. The molecule has 0 bridgehead atoms. The van der Waals surface area contributed by atoms with Gasteiger partial charge in [0.15, 0.2) is 0 Å². The van der Waals surface area contributed by atoms with E-state index in [2.05, 4.69) is 71.5 Å². The van der Waals surface area contributed by atoms with Crippen LogP contribution in [-0.4, -0.2) is 28.2 Å². The van der Waals surface area contributed by atoms with Gasteiger partial charge >= 0.3 is 126 Å². The van der Waals surface area contributed by atoms with Crippen molar-refractivity contribution in [1.82, 2.24) is 15.0 Å². The van der Waals surface area contributed by atoms with Crippen LogP contribution in [0.1, 0.15) is 29.1 Å². The maximum atomic E-state index is 13.5. The molecule has 0 saturated heterocycles. The molecule has 0 aliphatic carbocycles. The molecule has 0 fully saturated rings. The number of aryl methyl sites for hydroxylation is 1. The van der Waals surface area contributed by atoms with E-state index in [1.165, 1.54) is 11.6 Å². The molecule has 0 atom stereocenters. The normalized spacial score (nSPS) is 12.5. The van der Waals surface area contributed by atoms with Crippen LogP contribution in [-0.2, 0) is 26.5 Å². The van der Waals surface area contributed by atoms with Gasteiger partial charge in [-0.15, -0.1) is 18.2 Å². The van der Waals surface area contributed by atoms with Crippen molar-refractivity contribution < 1.29 is 33.0 Å². The predicted octanol–water partition coefficient (Wildman–Crippen LogP) is 10.2. The van der Waals surface area contributed by atoms with Crippen molar-refractivity contribution in [2.45, 2.75) is 44.4 Å². The van der Waals surface area contributed by atoms with Crippen molar-refractivity contribution in [3.8, 4) is 33.6 Å². The molecule has 0 aliphatic rings. The molecule has 0 aliphatic heterocycles. The molecule has 1 radical (unpaired) electrons. The molecule has 3 aromatic carbocycles. The van der Waals surface area contributed by atoms with E-state index in [1.54, 1.807) is 34.9 Å². The molecular weight excluding hydrogens is 834 g/mol. The molecule has 7 rings (SSSR count). The summed E-state index contributed by atoms with van der Waals surface area (Å²) in [5.41, 5.74) is 6.64. The van der Waals surface area contributed by atoms with Crippen molar-refractivity contribution in [3.05, 3.63) is 133 Å². The molecule has 245 valence electrons. The van der Waals surface area contributed by atoms with Crippen molar-refractivity contribution >= 4 is 39.7 Å². The van der Waals surface area contributed by atoms with E-state index in [9.17, 15) is 4.39 Å². The third kappa shape index (κ3) is 7.84. The number of benzene rings is 3. The number of furan rings is 1. The third-order valence-electron chi connectivity index (χ3n) is 7.92. The second-order valence-corrected chi connectivity index (χ2v) is 23.6. The minimum Gasteiger partial charge on any atom is -0.486 e. The fraction of sp³-hybridized carbons (Fsp3) is 0.195. The zero-order valence-electron chi connectivity index (χ0n) is 30.6. The number of pyridine rings is 3. The van der Waals surface area contributed by atoms with Gasteiger partial charge in [-0.1, -0.05) is 47.3 Å². The monoisotopic (exact) mass is 877 g/mol. The zero-order chi connectivity index (χ0) is 35.6. The average Bonchev–Trinajstić information content (AvgIpc) is 3.46. The summed E-state index contributed by atoms with van der Waals surface area (Å²) in [4.78, 5) is 13.0. The smallest absolute Gasteiger partial charge is 0.218 e. The Balaban J connectivity index is 0.000000211. The van der Waals surface area contributed by atoms with Gasteiger partial charge in [0.2, 0.25) is 11.7 Å². The molecular formula is C41H38FGeIrN3O-2. The SMILES string of the molecule is CC(C)Cc1cc(-c2[c-]cccc2)nc[c]1[Ge]([CH3])([CH3])[CH3].[2H]C([2H])([2H])c1cc(-c2[c-]ccc3c2oc2nc(F)ccc23)ncc1-c1ccccc1.[Ir]. The minimum absolute atomic E-state index is 0. The number of rotatable bonds is 6. The summed E-state index contributed by atoms with van der Waals surface area (Å²) in [7, 11) is 0. The van der Waals surface area contributed by atoms with E-state index >= 15 is 0 Å². The van der Waals surface area contributed by atoms with Crippen molar-refractivity contribution in [2.75, 3.05) is 0 Å². The maximum absolute atomic E-state index is 13.5. The second-order valence-electron chi connectivity index (χ2n) is 13.0. The Labute approximate surface area is 302 Å². The van der Waals surface area contributed by atoms with E-state index in [0.29, 0.717) is 33.7 Å². The van der Waals surface area contributed by atoms with Crippen molar-refractivity contribution in [1.29, 1.82) is 0 Å². The van der Waals surface area contributed by atoms with Gasteiger partial charge in [-0.3, -0.25) is 0 Å². The van der Waals surface area contributed by atoms with Crippen LogP contribution < -0.4 is 4.40 Å². The summed E-state index contributed by atoms with van der Waals surface area (Å²) >= 11 is -1.86. The maximum Gasteiger partial charge on any atom is 0.218 e. The van der Waals surface area contributed by atoms with Crippen LogP contribution in [0.4, 0.5) is 4.39 Å². The molecule has 0 N–H and O–H groups in total. The number of hydrogen-bond acceptors (Lipinski definition) is 4. The molecule has 7 aromatic rings. The summed E-state index contributed by atoms with van der Waals surface area (Å²) in [6, 6.07) is 33.9. The first kappa shape index (κ1) is 31.3. The van der Waals surface area contributed by atoms with Gasteiger partial charge < -0.3 is 9.40 Å². The largest absolute Gasteiger partial charge is 0.486 e. The zero-order valence-corrected chi connectivity index (χ0v) is 32.1. The van der Waals surface area contributed by atoms with Gasteiger partial charge in [0, 0.05) is 41.4 Å². The van der Waals surface area contributed by atoms with Gasteiger partial charge in [-0.25, -0.2) is 0 Å². The number of nitrogens with zero attached hydrogens (tertiary/aromatic N) is 3. The fourth-order valence-electron chi connectivity index (χ4n) is 5.71. The molecule has 0 saturated carbocycles. The topological polar surface area (TPSA) is 51.8 Å². The van der Waals surface area contributed by atoms with Gasteiger partial charge in [0.25, 0.3) is 0 Å². The minimum atomic E-state index is -2.34. The summed E-state index contributed by atoms with van der Waals surface area (Å²) in [5.74, 6) is 7.36. The Bertz CT molecular complexity index is 2270. The summed E-state index contributed by atoms with van der Waals surface area (Å²) in [5, 5.41) is 1.40. The van der Waals surface area contributed by atoms with E-state index in [0.717, 1.165) is 28.6 Å². The predicted molar refractivity (Wildman–Crippen MR) is 194 cm³/mol. The Morgan fingerprint density at radius 1 is 0.854 bits per heavy atom. The van der Waals surface area contributed by atoms with Gasteiger partial charge in [-0.2, -0.15) is 9.37 Å². The van der Waals surface area contributed by atoms with Gasteiger partial charge in [0.1, 0.15) is 0 Å². The van der Waals surface area contributed by atoms with E-state index < -0.39 is 26.1 Å². The van der Waals surface area contributed by atoms with Crippen LogP contribution in [0.5, 0.6) is 0 Å². The van der Waals surface area contributed by atoms with Crippen LogP contribution in [0.2, 0.25) is 17.3 Å². The van der Waals surface area contributed by atoms with Crippen LogP contribution in [0.15, 0.2) is 108 Å². The number of hydrogen-bond donors (Lipinski definition) is 0. The van der Waals surface area contributed by atoms with E-state index in [4.69, 9.17) is 13.5 Å². The van der Waals surface area contributed by atoms with Crippen molar-refractivity contribution in [2.24, 2.45) is 5.92 Å². The first-order valence-electron chi connectivity index (χ1n) is 17.2. The number of aromatic nitrogens is 3. The quantitative estimate of drug-likeness (QED) is 0.0949. The molecule has 4 heterocycles. The Hall–Kier alpha value is -3.97. The van der Waals surface area contributed by atoms with Crippen LogP contribution in [0.3, 0.4) is 0 Å². The molecule has 0 unspecified atom stereocenters. The molecule has 48 heavy (non-hydrogen) atoms.